The fraction of sp³-hybridized carbons (Fsp3) is 0.312. The molecule has 3 nitrogen and oxygen atoms in total. The zero-order valence-electron chi connectivity index (χ0n) is 12.2. The monoisotopic (exact) mass is 423 g/mol. The van der Waals surface area contributed by atoms with Crippen LogP contribution >= 0.6 is 15.9 Å². The fourth-order valence-electron chi connectivity index (χ4n) is 2.14. The smallest absolute Gasteiger partial charge is 0.236 e. The second-order valence-electron chi connectivity index (χ2n) is 4.67. The summed E-state index contributed by atoms with van der Waals surface area (Å²) >= 11 is 3.36. The molecule has 2 rings (SSSR count). The molecule has 0 N–H and O–H groups in total. The first kappa shape index (κ1) is 18.6. The van der Waals surface area contributed by atoms with Crippen molar-refractivity contribution in [3.63, 3.8) is 0 Å². The number of ether oxygens (including phenoxy) is 1. The Morgan fingerprint density at radius 2 is 2.29 bits per heavy atom. The molecule has 1 atom stereocenters. The molecule has 0 bridgehead atoms. The number of hydrogen-bond donors (Lipinski definition) is 0. The van der Waals surface area contributed by atoms with Gasteiger partial charge < -0.3 is 9.64 Å². The summed E-state index contributed by atoms with van der Waals surface area (Å²) in [5.74, 6) is 0.861. The van der Waals surface area contributed by atoms with Gasteiger partial charge in [-0.3, -0.25) is 4.79 Å². The van der Waals surface area contributed by atoms with Crippen LogP contribution in [0.15, 0.2) is 30.9 Å². The summed E-state index contributed by atoms with van der Waals surface area (Å²) in [4.78, 5) is 13.5. The molecule has 0 saturated carbocycles. The summed E-state index contributed by atoms with van der Waals surface area (Å²) in [6, 6.07) is 5.83. The van der Waals surface area contributed by atoms with Crippen LogP contribution in [0, 0.1) is 13.0 Å². The van der Waals surface area contributed by atoms with Gasteiger partial charge in [0.1, 0.15) is 12.4 Å². The molecular formula is C16H17BrNO2Y-. The van der Waals surface area contributed by atoms with Crippen molar-refractivity contribution in [2.75, 3.05) is 13.7 Å². The summed E-state index contributed by atoms with van der Waals surface area (Å²) in [7, 11) is 1.78. The van der Waals surface area contributed by atoms with E-state index in [2.05, 4.69) is 28.6 Å². The quantitative estimate of drug-likeness (QED) is 0.422. The first-order chi connectivity index (χ1) is 9.54. The van der Waals surface area contributed by atoms with Gasteiger partial charge in [-0.05, 0) is 12.1 Å². The molecule has 1 aromatic rings. The van der Waals surface area contributed by atoms with Crippen LogP contribution in [-0.2, 0) is 37.5 Å². The maximum atomic E-state index is 12.0. The maximum absolute atomic E-state index is 12.0. The van der Waals surface area contributed by atoms with Gasteiger partial charge in [0.05, 0.1) is 4.83 Å². The van der Waals surface area contributed by atoms with Gasteiger partial charge in [0.15, 0.2) is 0 Å². The van der Waals surface area contributed by atoms with Crippen molar-refractivity contribution in [1.82, 2.24) is 4.90 Å². The molecule has 0 saturated heterocycles. The number of benzene rings is 1. The van der Waals surface area contributed by atoms with E-state index in [0.29, 0.717) is 13.0 Å². The SMILES string of the molecule is C=CCOc1ccc(C2=[C-]CC(Br)C(=O)N2C)c(C)c1.[Y]. The molecule has 0 fully saturated rings. The number of hydrogen-bond acceptors (Lipinski definition) is 2. The van der Waals surface area contributed by atoms with Crippen LogP contribution in [-0.4, -0.2) is 29.3 Å². The van der Waals surface area contributed by atoms with Gasteiger partial charge in [-0.15, -0.1) is 22.9 Å². The topological polar surface area (TPSA) is 29.5 Å². The Morgan fingerprint density at radius 1 is 1.57 bits per heavy atom. The third-order valence-corrected chi connectivity index (χ3v) is 3.92. The molecule has 1 radical (unpaired) electrons. The third-order valence-electron chi connectivity index (χ3n) is 3.20. The minimum atomic E-state index is -0.174. The van der Waals surface area contributed by atoms with E-state index < -0.39 is 0 Å². The van der Waals surface area contributed by atoms with E-state index in [1.54, 1.807) is 18.0 Å². The van der Waals surface area contributed by atoms with E-state index in [0.717, 1.165) is 22.6 Å². The number of allylic oxidation sites excluding steroid dienone is 1. The van der Waals surface area contributed by atoms with Gasteiger partial charge in [0, 0.05) is 39.8 Å². The average molecular weight is 424 g/mol. The third kappa shape index (κ3) is 4.27. The fourth-order valence-corrected chi connectivity index (χ4v) is 2.60. The van der Waals surface area contributed by atoms with E-state index in [-0.39, 0.29) is 43.4 Å². The number of amides is 1. The van der Waals surface area contributed by atoms with Crippen LogP contribution in [0.3, 0.4) is 0 Å². The van der Waals surface area contributed by atoms with E-state index in [9.17, 15) is 4.79 Å². The van der Waals surface area contributed by atoms with E-state index in [1.165, 1.54) is 0 Å². The summed E-state index contributed by atoms with van der Waals surface area (Å²) < 4.78 is 5.51. The van der Waals surface area contributed by atoms with Crippen molar-refractivity contribution in [1.29, 1.82) is 0 Å². The number of carbonyl (C=O) groups excluding carboxylic acids is 1. The minimum Gasteiger partial charge on any atom is -0.490 e. The molecule has 5 heteroatoms. The normalized spacial score (nSPS) is 17.9. The molecule has 21 heavy (non-hydrogen) atoms. The second kappa shape index (κ2) is 8.26. The molecule has 0 aliphatic carbocycles. The predicted molar refractivity (Wildman–Crippen MR) is 83.6 cm³/mol. The first-order valence-corrected chi connectivity index (χ1v) is 7.33. The van der Waals surface area contributed by atoms with Crippen LogP contribution in [0.1, 0.15) is 17.5 Å². The van der Waals surface area contributed by atoms with E-state index in [1.807, 2.05) is 25.1 Å². The van der Waals surface area contributed by atoms with Crippen molar-refractivity contribution in [3.8, 4) is 5.75 Å². The summed E-state index contributed by atoms with van der Waals surface area (Å²) in [6.45, 7) is 6.11. The largest absolute Gasteiger partial charge is 0.490 e. The van der Waals surface area contributed by atoms with Crippen molar-refractivity contribution >= 4 is 27.5 Å². The Bertz CT molecular complexity index is 571. The van der Waals surface area contributed by atoms with Crippen LogP contribution in [0.25, 0.3) is 5.70 Å². The molecule has 1 aromatic carbocycles. The molecule has 1 aliphatic rings. The number of halogens is 1. The predicted octanol–water partition coefficient (Wildman–Crippen LogP) is 3.33. The maximum Gasteiger partial charge on any atom is 0.236 e. The Labute approximate surface area is 159 Å². The van der Waals surface area contributed by atoms with Gasteiger partial charge in [-0.2, -0.15) is 0 Å². The number of alkyl halides is 1. The molecule has 1 heterocycles. The average Bonchev–Trinajstić information content (AvgIpc) is 2.44. The van der Waals surface area contributed by atoms with Crippen molar-refractivity contribution in [3.05, 3.63) is 48.1 Å². The molecule has 1 amide bonds. The first-order valence-electron chi connectivity index (χ1n) is 6.41. The number of carbonyl (C=O) groups is 1. The van der Waals surface area contributed by atoms with Crippen molar-refractivity contribution in [2.45, 2.75) is 18.2 Å². The van der Waals surface area contributed by atoms with Crippen molar-refractivity contribution < 1.29 is 42.2 Å². The molecule has 0 spiro atoms. The molecule has 1 unspecified atom stereocenters. The molecule has 1 aliphatic heterocycles. The minimum absolute atomic E-state index is 0. The zero-order chi connectivity index (χ0) is 14.7. The number of rotatable bonds is 4. The standard InChI is InChI=1S/C16H17BrNO2.Y/c1-4-9-20-12-5-6-13(11(2)10-12)15-8-7-14(17)16(19)18(15)3;/h4-6,10,14H,1,7,9H2,2-3H3;/q-1;. The molecule has 0 aromatic heterocycles. The van der Waals surface area contributed by atoms with Gasteiger partial charge in [-0.25, -0.2) is 6.08 Å². The van der Waals surface area contributed by atoms with E-state index >= 15 is 0 Å². The molecule has 109 valence electrons. The number of nitrogens with zero attached hydrogens (tertiary/aromatic N) is 1. The van der Waals surface area contributed by atoms with E-state index in [4.69, 9.17) is 4.74 Å². The van der Waals surface area contributed by atoms with Crippen molar-refractivity contribution in [2.24, 2.45) is 0 Å². The van der Waals surface area contributed by atoms with Crippen LogP contribution < -0.4 is 4.74 Å². The second-order valence-corrected chi connectivity index (χ2v) is 5.78. The Kier molecular flexibility index (Phi) is 7.31. The Balaban J connectivity index is 0.00000220. The zero-order valence-corrected chi connectivity index (χ0v) is 16.7. The van der Waals surface area contributed by atoms with Crippen LogP contribution in [0.4, 0.5) is 0 Å². The van der Waals surface area contributed by atoms with Gasteiger partial charge >= 0.3 is 0 Å². The molecular weight excluding hydrogens is 407 g/mol. The van der Waals surface area contributed by atoms with Crippen LogP contribution in [0.2, 0.25) is 0 Å². The Hall–Kier alpha value is -0.446. The van der Waals surface area contributed by atoms with Gasteiger partial charge in [0.2, 0.25) is 5.91 Å². The Morgan fingerprint density at radius 3 is 2.90 bits per heavy atom. The van der Waals surface area contributed by atoms with Gasteiger partial charge in [-0.1, -0.05) is 41.9 Å². The number of aryl methyl sites for hydroxylation is 1. The van der Waals surface area contributed by atoms with Crippen LogP contribution in [0.5, 0.6) is 5.75 Å². The van der Waals surface area contributed by atoms with Gasteiger partial charge in [0.25, 0.3) is 0 Å². The summed E-state index contributed by atoms with van der Waals surface area (Å²) in [5, 5.41) is 0. The summed E-state index contributed by atoms with van der Waals surface area (Å²) in [5.41, 5.74) is 2.89. The summed E-state index contributed by atoms with van der Waals surface area (Å²) in [6.07, 6.45) is 5.59.